The number of carbonyl (C=O) groups excluding carboxylic acids is 1. The molecule has 0 saturated carbocycles. The van der Waals surface area contributed by atoms with Crippen LogP contribution in [0.2, 0.25) is 6.04 Å². The second-order valence-corrected chi connectivity index (χ2v) is 8.91. The monoisotopic (exact) mass is 376 g/mol. The van der Waals surface area contributed by atoms with E-state index in [1.165, 1.54) is 25.7 Å². The molecule has 2 amide bonds. The van der Waals surface area contributed by atoms with Gasteiger partial charge in [0, 0.05) is 39.0 Å². The van der Waals surface area contributed by atoms with Crippen LogP contribution in [-0.2, 0) is 13.3 Å². The van der Waals surface area contributed by atoms with E-state index in [4.69, 9.17) is 19.0 Å². The number of unbranched alkanes of at least 4 members (excludes halogenated alkanes) is 5. The van der Waals surface area contributed by atoms with Crippen LogP contribution in [0.4, 0.5) is 4.79 Å². The summed E-state index contributed by atoms with van der Waals surface area (Å²) in [5, 5.41) is 0. The maximum Gasteiger partial charge on any atom is 0.500 e. The summed E-state index contributed by atoms with van der Waals surface area (Å²) >= 11 is 0. The molecular formula is C18H40N2O4Si. The second-order valence-electron chi connectivity index (χ2n) is 6.18. The molecule has 0 aliphatic heterocycles. The minimum atomic E-state index is -2.63. The van der Waals surface area contributed by atoms with Crippen molar-refractivity contribution < 1.29 is 18.1 Å². The fourth-order valence-electron chi connectivity index (χ4n) is 2.90. The molecule has 6 nitrogen and oxygen atoms in total. The molecule has 150 valence electrons. The van der Waals surface area contributed by atoms with Crippen LogP contribution in [0.25, 0.3) is 0 Å². The smallest absolute Gasteiger partial charge is 0.374 e. The molecule has 0 rings (SSSR count). The maximum absolute atomic E-state index is 11.7. The Balaban J connectivity index is 4.31. The summed E-state index contributed by atoms with van der Waals surface area (Å²) in [6, 6.07) is 0.369. The first-order valence-corrected chi connectivity index (χ1v) is 11.9. The fourth-order valence-corrected chi connectivity index (χ4v) is 5.50. The molecule has 0 saturated heterocycles. The third kappa shape index (κ3) is 11.6. The number of amides is 2. The molecule has 0 fully saturated rings. The summed E-state index contributed by atoms with van der Waals surface area (Å²) < 4.78 is 17.5. The summed E-state index contributed by atoms with van der Waals surface area (Å²) in [5.74, 6) is 0. The Morgan fingerprint density at radius 2 is 1.28 bits per heavy atom. The van der Waals surface area contributed by atoms with Crippen molar-refractivity contribution in [3.05, 3.63) is 0 Å². The zero-order valence-corrected chi connectivity index (χ0v) is 17.8. The van der Waals surface area contributed by atoms with Gasteiger partial charge in [-0.05, 0) is 33.6 Å². The lowest BCUT2D eigenvalue weighted by atomic mass is 10.1. The first-order chi connectivity index (χ1) is 12.0. The highest BCUT2D eigenvalue weighted by Gasteiger charge is 2.39. The molecular weight excluding hydrogens is 336 g/mol. The molecule has 0 aliphatic rings. The van der Waals surface area contributed by atoms with E-state index in [-0.39, 0.29) is 6.03 Å². The van der Waals surface area contributed by atoms with Crippen molar-refractivity contribution in [2.45, 2.75) is 78.7 Å². The highest BCUT2D eigenvalue weighted by atomic mass is 28.4. The van der Waals surface area contributed by atoms with Crippen LogP contribution in [0.3, 0.4) is 0 Å². The average Bonchev–Trinajstić information content (AvgIpc) is 2.57. The van der Waals surface area contributed by atoms with Gasteiger partial charge in [-0.3, -0.25) is 0 Å². The van der Waals surface area contributed by atoms with Gasteiger partial charge in [0.05, 0.1) is 0 Å². The predicted molar refractivity (Wildman–Crippen MR) is 105 cm³/mol. The number of nitrogens with zero attached hydrogens (tertiary/aromatic N) is 1. The summed E-state index contributed by atoms with van der Waals surface area (Å²) in [5.41, 5.74) is 5.53. The van der Waals surface area contributed by atoms with Crippen molar-refractivity contribution in [3.8, 4) is 0 Å². The Kier molecular flexibility index (Phi) is 15.2. The van der Waals surface area contributed by atoms with Crippen molar-refractivity contribution >= 4 is 14.8 Å². The van der Waals surface area contributed by atoms with E-state index in [2.05, 4.69) is 6.92 Å². The van der Waals surface area contributed by atoms with E-state index in [1.807, 2.05) is 20.8 Å². The van der Waals surface area contributed by atoms with E-state index in [1.54, 1.807) is 4.90 Å². The molecule has 0 aliphatic carbocycles. The predicted octanol–water partition coefficient (Wildman–Crippen LogP) is 4.17. The highest BCUT2D eigenvalue weighted by Crippen LogP contribution is 2.18. The molecule has 0 heterocycles. The average molecular weight is 377 g/mol. The van der Waals surface area contributed by atoms with Crippen LogP contribution in [-0.4, -0.2) is 52.6 Å². The summed E-state index contributed by atoms with van der Waals surface area (Å²) in [4.78, 5) is 13.4. The lowest BCUT2D eigenvalue weighted by molar-refractivity contribution is 0.0701. The molecule has 25 heavy (non-hydrogen) atoms. The van der Waals surface area contributed by atoms with Gasteiger partial charge in [0.1, 0.15) is 0 Å². The zero-order valence-electron chi connectivity index (χ0n) is 16.8. The Labute approximate surface area is 155 Å². The van der Waals surface area contributed by atoms with E-state index < -0.39 is 8.80 Å². The molecule has 2 N–H and O–H groups in total. The third-order valence-electron chi connectivity index (χ3n) is 4.10. The Bertz CT molecular complexity index is 315. The van der Waals surface area contributed by atoms with Gasteiger partial charge in [-0.25, -0.2) is 4.79 Å². The topological polar surface area (TPSA) is 74.0 Å². The normalized spacial score (nSPS) is 11.7. The SMILES string of the molecule is CCCCCCCCN(CCC[Si](OCC)(OCC)OCC)C(N)=O. The van der Waals surface area contributed by atoms with Crippen molar-refractivity contribution in [2.24, 2.45) is 5.73 Å². The van der Waals surface area contributed by atoms with Crippen LogP contribution in [0, 0.1) is 0 Å². The lowest BCUT2D eigenvalue weighted by Gasteiger charge is -2.29. The first kappa shape index (κ1) is 24.4. The number of hydrogen-bond donors (Lipinski definition) is 1. The quantitative estimate of drug-likeness (QED) is 0.305. The second kappa shape index (κ2) is 15.6. The number of carbonyl (C=O) groups is 1. The summed E-state index contributed by atoms with van der Waals surface area (Å²) in [6.45, 7) is 11.2. The largest absolute Gasteiger partial charge is 0.500 e. The van der Waals surface area contributed by atoms with E-state index >= 15 is 0 Å². The van der Waals surface area contributed by atoms with E-state index in [0.717, 1.165) is 25.8 Å². The third-order valence-corrected chi connectivity index (χ3v) is 7.25. The maximum atomic E-state index is 11.7. The molecule has 0 aromatic rings. The molecule has 7 heteroatoms. The minimum absolute atomic E-state index is 0.343. The van der Waals surface area contributed by atoms with Gasteiger partial charge in [-0.2, -0.15) is 0 Å². The van der Waals surface area contributed by atoms with Gasteiger partial charge in [0.25, 0.3) is 0 Å². The summed E-state index contributed by atoms with van der Waals surface area (Å²) in [7, 11) is -2.63. The van der Waals surface area contributed by atoms with Crippen molar-refractivity contribution in [2.75, 3.05) is 32.9 Å². The summed E-state index contributed by atoms with van der Waals surface area (Å²) in [6.07, 6.45) is 7.99. The molecule has 0 atom stereocenters. The molecule has 0 unspecified atom stereocenters. The van der Waals surface area contributed by atoms with Gasteiger partial charge in [-0.15, -0.1) is 0 Å². The van der Waals surface area contributed by atoms with Gasteiger partial charge in [0.15, 0.2) is 0 Å². The lowest BCUT2D eigenvalue weighted by Crippen LogP contribution is -2.47. The highest BCUT2D eigenvalue weighted by molar-refractivity contribution is 6.60. The fraction of sp³-hybridized carbons (Fsp3) is 0.944. The van der Waals surface area contributed by atoms with E-state index in [0.29, 0.717) is 32.4 Å². The standard InChI is InChI=1S/C18H40N2O4Si/c1-5-9-10-11-12-13-15-20(18(19)21)16-14-17-25(22-6-2,23-7-3)24-8-4/h5-17H2,1-4H3,(H2,19,21). The van der Waals surface area contributed by atoms with Gasteiger partial charge >= 0.3 is 14.8 Å². The van der Waals surface area contributed by atoms with Crippen molar-refractivity contribution in [1.82, 2.24) is 4.90 Å². The number of nitrogens with two attached hydrogens (primary N) is 1. The van der Waals surface area contributed by atoms with Crippen LogP contribution in [0.5, 0.6) is 0 Å². The number of hydrogen-bond acceptors (Lipinski definition) is 4. The number of urea groups is 1. The van der Waals surface area contributed by atoms with Crippen LogP contribution < -0.4 is 5.73 Å². The Morgan fingerprint density at radius 3 is 1.76 bits per heavy atom. The van der Waals surface area contributed by atoms with Gasteiger partial charge < -0.3 is 23.9 Å². The molecule has 0 aromatic carbocycles. The van der Waals surface area contributed by atoms with Crippen molar-refractivity contribution in [1.29, 1.82) is 0 Å². The minimum Gasteiger partial charge on any atom is -0.374 e. The number of primary amides is 1. The Morgan fingerprint density at radius 1 is 0.800 bits per heavy atom. The number of rotatable bonds is 17. The zero-order chi connectivity index (χ0) is 19.0. The molecule has 0 radical (unpaired) electrons. The van der Waals surface area contributed by atoms with Crippen LogP contribution >= 0.6 is 0 Å². The van der Waals surface area contributed by atoms with Crippen LogP contribution in [0.15, 0.2) is 0 Å². The van der Waals surface area contributed by atoms with E-state index in [9.17, 15) is 4.79 Å². The molecule has 0 bridgehead atoms. The molecule has 0 aromatic heterocycles. The van der Waals surface area contributed by atoms with Gasteiger partial charge in [-0.1, -0.05) is 39.0 Å². The van der Waals surface area contributed by atoms with Gasteiger partial charge in [0.2, 0.25) is 0 Å². The Hall–Kier alpha value is -0.633. The first-order valence-electron chi connectivity index (χ1n) is 10.0. The molecule has 0 spiro atoms. The van der Waals surface area contributed by atoms with Crippen molar-refractivity contribution in [3.63, 3.8) is 0 Å². The van der Waals surface area contributed by atoms with Crippen LogP contribution in [0.1, 0.15) is 72.6 Å².